The molecule has 0 spiro atoms. The summed E-state index contributed by atoms with van der Waals surface area (Å²) in [4.78, 5) is 4.52. The van der Waals surface area contributed by atoms with E-state index in [1.165, 1.54) is 10.2 Å². The molecule has 0 aliphatic heterocycles. The lowest BCUT2D eigenvalue weighted by atomic mass is 10.0. The quantitative estimate of drug-likeness (QED) is 0.434. The number of aromatic nitrogens is 2. The van der Waals surface area contributed by atoms with E-state index in [9.17, 15) is 8.42 Å². The molecule has 148 valence electrons. The first-order valence-electron chi connectivity index (χ1n) is 9.13. The highest BCUT2D eigenvalue weighted by atomic mass is 35.5. The van der Waals surface area contributed by atoms with Crippen molar-refractivity contribution in [3.8, 4) is 16.9 Å². The van der Waals surface area contributed by atoms with Crippen LogP contribution in [-0.2, 0) is 10.0 Å². The molecule has 0 unspecified atom stereocenters. The molecule has 0 saturated heterocycles. The van der Waals surface area contributed by atoms with Crippen LogP contribution >= 0.6 is 11.6 Å². The summed E-state index contributed by atoms with van der Waals surface area (Å²) >= 11 is 6.48. The van der Waals surface area contributed by atoms with Crippen LogP contribution in [0.1, 0.15) is 12.5 Å². The summed E-state index contributed by atoms with van der Waals surface area (Å²) in [6.07, 6.45) is 3.07. The van der Waals surface area contributed by atoms with Crippen molar-refractivity contribution in [2.45, 2.75) is 18.7 Å². The number of hydrogen-bond donors (Lipinski definition) is 0. The Morgan fingerprint density at radius 1 is 1.03 bits per heavy atom. The van der Waals surface area contributed by atoms with Crippen LogP contribution in [0.15, 0.2) is 71.9 Å². The molecule has 2 heterocycles. The zero-order valence-electron chi connectivity index (χ0n) is 16.0. The van der Waals surface area contributed by atoms with Crippen molar-refractivity contribution in [2.24, 2.45) is 0 Å². The highest BCUT2D eigenvalue weighted by molar-refractivity contribution is 7.90. The Bertz CT molecular complexity index is 1300. The summed E-state index contributed by atoms with van der Waals surface area (Å²) in [7, 11) is -3.86. The molecule has 4 aromatic rings. The number of para-hydroxylation sites is 1. The van der Waals surface area contributed by atoms with Crippen LogP contribution in [0.3, 0.4) is 0 Å². The second-order valence-electron chi connectivity index (χ2n) is 6.58. The van der Waals surface area contributed by atoms with Gasteiger partial charge in [0.15, 0.2) is 5.65 Å². The molecule has 0 bridgehead atoms. The fraction of sp³-hybridized carbons (Fsp3) is 0.136. The molecular formula is C22H19ClN2O3S. The average Bonchev–Trinajstić information content (AvgIpc) is 3.11. The van der Waals surface area contributed by atoms with Gasteiger partial charge >= 0.3 is 0 Å². The summed E-state index contributed by atoms with van der Waals surface area (Å²) in [5.41, 5.74) is 2.66. The van der Waals surface area contributed by atoms with E-state index in [-0.39, 0.29) is 10.5 Å². The van der Waals surface area contributed by atoms with Crippen molar-refractivity contribution in [3.63, 3.8) is 0 Å². The van der Waals surface area contributed by atoms with Gasteiger partial charge in [0.1, 0.15) is 5.75 Å². The van der Waals surface area contributed by atoms with Crippen LogP contribution in [0.4, 0.5) is 0 Å². The minimum atomic E-state index is -3.86. The maximum absolute atomic E-state index is 13.4. The molecule has 7 heteroatoms. The number of benzene rings is 2. The highest BCUT2D eigenvalue weighted by Gasteiger charge is 2.25. The molecule has 2 aromatic heterocycles. The second kappa shape index (κ2) is 7.54. The Morgan fingerprint density at radius 2 is 1.76 bits per heavy atom. The van der Waals surface area contributed by atoms with Gasteiger partial charge < -0.3 is 4.74 Å². The summed E-state index contributed by atoms with van der Waals surface area (Å²) in [6.45, 7) is 4.30. The Morgan fingerprint density at radius 3 is 2.48 bits per heavy atom. The van der Waals surface area contributed by atoms with Gasteiger partial charge in [0.2, 0.25) is 0 Å². The lowest BCUT2D eigenvalue weighted by molar-refractivity contribution is 0.341. The van der Waals surface area contributed by atoms with E-state index in [1.54, 1.807) is 36.5 Å². The van der Waals surface area contributed by atoms with Gasteiger partial charge in [-0.25, -0.2) is 17.4 Å². The van der Waals surface area contributed by atoms with Crippen LogP contribution in [0, 0.1) is 6.92 Å². The van der Waals surface area contributed by atoms with Gasteiger partial charge in [-0.2, -0.15) is 0 Å². The maximum Gasteiger partial charge on any atom is 0.269 e. The molecule has 5 nitrogen and oxygen atoms in total. The predicted octanol–water partition coefficient (Wildman–Crippen LogP) is 5.30. The van der Waals surface area contributed by atoms with Crippen molar-refractivity contribution in [1.29, 1.82) is 0 Å². The molecule has 0 radical (unpaired) electrons. The highest BCUT2D eigenvalue weighted by Crippen LogP contribution is 2.40. The number of fused-ring (bicyclic) bond motifs is 1. The van der Waals surface area contributed by atoms with Crippen molar-refractivity contribution >= 4 is 32.7 Å². The number of aryl methyl sites for hydroxylation is 1. The molecule has 4 rings (SSSR count). The van der Waals surface area contributed by atoms with Crippen LogP contribution in [0.2, 0.25) is 5.02 Å². The predicted molar refractivity (Wildman–Crippen MR) is 115 cm³/mol. The van der Waals surface area contributed by atoms with E-state index in [0.717, 1.165) is 11.1 Å². The standard InChI is InChI=1S/C22H19ClN2O3S/c1-3-28-20-7-5-4-6-17(20)18-14-25(22-21(18)19(23)12-13-24-22)29(26,27)16-10-8-15(2)9-11-16/h4-14H,3H2,1-2H3. The third-order valence-electron chi connectivity index (χ3n) is 4.66. The molecule has 0 fully saturated rings. The van der Waals surface area contributed by atoms with Crippen molar-refractivity contribution in [3.05, 3.63) is 77.6 Å². The average molecular weight is 427 g/mol. The van der Waals surface area contributed by atoms with E-state index in [4.69, 9.17) is 16.3 Å². The lowest BCUT2D eigenvalue weighted by Gasteiger charge is -2.09. The smallest absolute Gasteiger partial charge is 0.269 e. The van der Waals surface area contributed by atoms with E-state index in [2.05, 4.69) is 4.98 Å². The van der Waals surface area contributed by atoms with E-state index < -0.39 is 10.0 Å². The summed E-state index contributed by atoms with van der Waals surface area (Å²) < 4.78 is 33.7. The van der Waals surface area contributed by atoms with E-state index in [0.29, 0.717) is 28.3 Å². The maximum atomic E-state index is 13.4. The first kappa shape index (κ1) is 19.5. The SMILES string of the molecule is CCOc1ccccc1-c1cn(S(=O)(=O)c2ccc(C)cc2)c2nccc(Cl)c12. The van der Waals surface area contributed by atoms with Gasteiger partial charge in [0, 0.05) is 28.9 Å². The van der Waals surface area contributed by atoms with Crippen LogP contribution in [-0.4, -0.2) is 24.0 Å². The Hall–Kier alpha value is -2.83. The third-order valence-corrected chi connectivity index (χ3v) is 6.64. The van der Waals surface area contributed by atoms with Crippen LogP contribution in [0.5, 0.6) is 5.75 Å². The van der Waals surface area contributed by atoms with Gasteiger partial charge in [0.25, 0.3) is 10.0 Å². The minimum Gasteiger partial charge on any atom is -0.493 e. The molecule has 0 N–H and O–H groups in total. The van der Waals surface area contributed by atoms with Crippen molar-refractivity contribution in [1.82, 2.24) is 8.96 Å². The molecular weight excluding hydrogens is 408 g/mol. The molecule has 0 amide bonds. The minimum absolute atomic E-state index is 0.186. The Labute approximate surface area is 174 Å². The van der Waals surface area contributed by atoms with Gasteiger partial charge in [0.05, 0.1) is 16.5 Å². The topological polar surface area (TPSA) is 61.2 Å². The van der Waals surface area contributed by atoms with Crippen LogP contribution < -0.4 is 4.74 Å². The lowest BCUT2D eigenvalue weighted by Crippen LogP contribution is -2.12. The van der Waals surface area contributed by atoms with Crippen molar-refractivity contribution < 1.29 is 13.2 Å². The molecule has 0 atom stereocenters. The number of pyridine rings is 1. The molecule has 2 aromatic carbocycles. The first-order chi connectivity index (χ1) is 13.9. The number of rotatable bonds is 5. The molecule has 29 heavy (non-hydrogen) atoms. The monoisotopic (exact) mass is 426 g/mol. The van der Waals surface area contributed by atoms with Crippen LogP contribution in [0.25, 0.3) is 22.2 Å². The Kier molecular flexibility index (Phi) is 5.06. The zero-order valence-corrected chi connectivity index (χ0v) is 17.5. The fourth-order valence-electron chi connectivity index (χ4n) is 3.27. The van der Waals surface area contributed by atoms with Gasteiger partial charge in [-0.1, -0.05) is 47.5 Å². The summed E-state index contributed by atoms with van der Waals surface area (Å²) in [5, 5.41) is 0.992. The van der Waals surface area contributed by atoms with Crippen molar-refractivity contribution in [2.75, 3.05) is 6.61 Å². The van der Waals surface area contributed by atoms with E-state index in [1.807, 2.05) is 38.1 Å². The molecule has 0 saturated carbocycles. The van der Waals surface area contributed by atoms with Gasteiger partial charge in [-0.05, 0) is 38.1 Å². The second-order valence-corrected chi connectivity index (χ2v) is 8.80. The zero-order chi connectivity index (χ0) is 20.6. The number of ether oxygens (including phenoxy) is 1. The molecule has 0 aliphatic carbocycles. The molecule has 0 aliphatic rings. The van der Waals surface area contributed by atoms with Gasteiger partial charge in [-0.3, -0.25) is 0 Å². The fourth-order valence-corrected chi connectivity index (χ4v) is 4.83. The third kappa shape index (κ3) is 3.39. The number of halogens is 1. The van der Waals surface area contributed by atoms with Gasteiger partial charge in [-0.15, -0.1) is 0 Å². The Balaban J connectivity index is 2.02. The number of hydrogen-bond acceptors (Lipinski definition) is 4. The van der Waals surface area contributed by atoms with E-state index >= 15 is 0 Å². The first-order valence-corrected chi connectivity index (χ1v) is 10.9. The number of nitrogens with zero attached hydrogens (tertiary/aromatic N) is 2. The largest absolute Gasteiger partial charge is 0.493 e. The summed E-state index contributed by atoms with van der Waals surface area (Å²) in [6, 6.07) is 15.8. The summed E-state index contributed by atoms with van der Waals surface area (Å²) in [5.74, 6) is 0.654. The normalized spacial score (nSPS) is 11.7.